The third kappa shape index (κ3) is 9.84. The number of carbonyl (C=O) groups is 3. The molecule has 0 unspecified atom stereocenters. The molecule has 310 valence electrons. The molecule has 14 heteroatoms. The Labute approximate surface area is 346 Å². The van der Waals surface area contributed by atoms with Crippen molar-refractivity contribution in [2.75, 3.05) is 29.9 Å². The van der Waals surface area contributed by atoms with E-state index in [-0.39, 0.29) is 23.6 Å². The number of nitrogens with one attached hydrogen (secondary N) is 4. The van der Waals surface area contributed by atoms with Gasteiger partial charge in [0, 0.05) is 53.6 Å². The first-order chi connectivity index (χ1) is 28.8. The number of aliphatic hydroxyl groups is 1. The number of urea groups is 1. The van der Waals surface area contributed by atoms with Gasteiger partial charge in [-0.3, -0.25) is 19.8 Å². The summed E-state index contributed by atoms with van der Waals surface area (Å²) in [5, 5.41) is 19.4. The van der Waals surface area contributed by atoms with Gasteiger partial charge in [0.25, 0.3) is 5.91 Å². The molecule has 7 rings (SSSR count). The number of imide groups is 1. The zero-order chi connectivity index (χ0) is 42.4. The van der Waals surface area contributed by atoms with E-state index in [0.29, 0.717) is 58.0 Å². The van der Waals surface area contributed by atoms with Crippen molar-refractivity contribution < 1.29 is 33.0 Å². The molecule has 0 radical (unpaired) electrons. The summed E-state index contributed by atoms with van der Waals surface area (Å²) >= 11 is 0. The van der Waals surface area contributed by atoms with E-state index in [1.807, 2.05) is 42.5 Å². The highest BCUT2D eigenvalue weighted by Gasteiger charge is 2.25. The molecule has 12 nitrogen and oxygen atoms in total. The summed E-state index contributed by atoms with van der Waals surface area (Å²) in [6.07, 6.45) is 5.71. The number of unbranched alkanes of at least 4 members (excludes halogenated alkanes) is 3. The molecule has 5 N–H and O–H groups in total. The summed E-state index contributed by atoms with van der Waals surface area (Å²) < 4.78 is 36.0. The Bertz CT molecular complexity index is 2530. The van der Waals surface area contributed by atoms with Crippen LogP contribution in [0.2, 0.25) is 0 Å². The van der Waals surface area contributed by atoms with Gasteiger partial charge < -0.3 is 25.5 Å². The Morgan fingerprint density at radius 1 is 0.950 bits per heavy atom. The number of anilines is 2. The van der Waals surface area contributed by atoms with Crippen molar-refractivity contribution in [3.8, 4) is 28.3 Å². The Hall–Kier alpha value is -6.51. The Kier molecular flexibility index (Phi) is 12.6. The summed E-state index contributed by atoms with van der Waals surface area (Å²) in [6.45, 7) is 7.31. The van der Waals surface area contributed by atoms with E-state index in [1.54, 1.807) is 11.8 Å². The van der Waals surface area contributed by atoms with Crippen LogP contribution in [0.25, 0.3) is 33.5 Å². The van der Waals surface area contributed by atoms with E-state index < -0.39 is 29.2 Å². The van der Waals surface area contributed by atoms with Gasteiger partial charge >= 0.3 is 6.03 Å². The zero-order valence-corrected chi connectivity index (χ0v) is 33.7. The fourth-order valence-electron chi connectivity index (χ4n) is 7.12. The van der Waals surface area contributed by atoms with Crippen molar-refractivity contribution >= 4 is 40.3 Å². The summed E-state index contributed by atoms with van der Waals surface area (Å²) in [6, 6.07) is 23.5. The van der Waals surface area contributed by atoms with Gasteiger partial charge in [0.05, 0.1) is 23.5 Å². The molecular weight excluding hydrogens is 769 g/mol. The van der Waals surface area contributed by atoms with E-state index in [9.17, 15) is 23.9 Å². The highest BCUT2D eigenvalue weighted by Crippen LogP contribution is 2.35. The van der Waals surface area contributed by atoms with E-state index in [4.69, 9.17) is 4.74 Å². The predicted molar refractivity (Wildman–Crippen MR) is 227 cm³/mol. The molecule has 6 aromatic rings. The molecule has 0 bridgehead atoms. The van der Waals surface area contributed by atoms with Gasteiger partial charge in [-0.1, -0.05) is 49.2 Å². The largest absolute Gasteiger partial charge is 0.494 e. The number of halogens is 2. The molecule has 0 saturated carbocycles. The number of H-pyrrole nitrogens is 1. The number of rotatable bonds is 16. The number of carbonyl (C=O) groups excluding carboxylic acids is 3. The van der Waals surface area contributed by atoms with Gasteiger partial charge in [0.2, 0.25) is 5.91 Å². The number of ether oxygens (including phenoxy) is 1. The molecule has 1 aliphatic heterocycles. The lowest BCUT2D eigenvalue weighted by Crippen LogP contribution is -2.49. The molecule has 4 amide bonds. The third-order valence-corrected chi connectivity index (χ3v) is 10.5. The fourth-order valence-corrected chi connectivity index (χ4v) is 7.12. The molecule has 1 aliphatic rings. The van der Waals surface area contributed by atoms with Crippen molar-refractivity contribution in [2.45, 2.75) is 65.0 Å². The highest BCUT2D eigenvalue weighted by atomic mass is 19.1. The number of nitrogens with zero attached hydrogens (tertiary/aromatic N) is 3. The lowest BCUT2D eigenvalue weighted by molar-refractivity contribution is -0.120. The predicted octanol–water partition coefficient (Wildman–Crippen LogP) is 8.53. The van der Waals surface area contributed by atoms with Gasteiger partial charge in [-0.2, -0.15) is 0 Å². The first-order valence-electron chi connectivity index (χ1n) is 20.0. The van der Waals surface area contributed by atoms with Crippen LogP contribution in [0.5, 0.6) is 5.75 Å². The second kappa shape index (κ2) is 18.2. The van der Waals surface area contributed by atoms with Crippen LogP contribution in [0.4, 0.5) is 25.0 Å². The standard InChI is InChI=1S/C46H47F2N7O5/c1-28-36(22-32(47)23-39(28)53-44(57)35-16-15-31(21-38(35)48)46(2,3)59)42-37-25-40(52-43(37)51-27-50-42)30-13-11-29(12-14-30)26-49-18-6-4-5-7-20-60-34-10-8-9-33(24-34)55-19-17-41(56)54-45(55)58/h8-16,21-25,27,49,59H,4-7,17-20,26H2,1-3H3,(H,53,57)(H,50,51,52)(H,54,56,58). The van der Waals surface area contributed by atoms with E-state index >= 15 is 4.39 Å². The second-order valence-corrected chi connectivity index (χ2v) is 15.4. The maximum Gasteiger partial charge on any atom is 0.328 e. The summed E-state index contributed by atoms with van der Waals surface area (Å²) in [5.74, 6) is -1.73. The van der Waals surface area contributed by atoms with Gasteiger partial charge in [-0.05, 0) is 105 Å². The first kappa shape index (κ1) is 41.6. The molecule has 0 aliphatic carbocycles. The van der Waals surface area contributed by atoms with Gasteiger partial charge in [0.1, 0.15) is 29.4 Å². The monoisotopic (exact) mass is 815 g/mol. The molecule has 1 fully saturated rings. The number of hydrogen-bond acceptors (Lipinski definition) is 8. The summed E-state index contributed by atoms with van der Waals surface area (Å²) in [5.41, 5.74) is 4.57. The lowest BCUT2D eigenvalue weighted by Gasteiger charge is -2.26. The van der Waals surface area contributed by atoms with Crippen LogP contribution in [0.3, 0.4) is 0 Å². The van der Waals surface area contributed by atoms with Crippen molar-refractivity contribution in [3.05, 3.63) is 125 Å². The maximum atomic E-state index is 15.1. The molecule has 0 atom stereocenters. The van der Waals surface area contributed by atoms with Crippen LogP contribution in [-0.2, 0) is 16.9 Å². The van der Waals surface area contributed by atoms with E-state index in [1.165, 1.54) is 44.4 Å². The number of fused-ring (bicyclic) bond motifs is 1. The summed E-state index contributed by atoms with van der Waals surface area (Å²) in [4.78, 5) is 50.6. The van der Waals surface area contributed by atoms with Crippen molar-refractivity contribution in [1.29, 1.82) is 0 Å². The van der Waals surface area contributed by atoms with Crippen molar-refractivity contribution in [2.24, 2.45) is 0 Å². The zero-order valence-electron chi connectivity index (χ0n) is 33.7. The number of hydrogen-bond donors (Lipinski definition) is 5. The number of benzene rings is 4. The highest BCUT2D eigenvalue weighted by molar-refractivity contribution is 6.06. The molecule has 4 aromatic carbocycles. The molecule has 1 saturated heterocycles. The maximum absolute atomic E-state index is 15.1. The van der Waals surface area contributed by atoms with Crippen molar-refractivity contribution in [3.63, 3.8) is 0 Å². The van der Waals surface area contributed by atoms with Gasteiger partial charge in [-0.25, -0.2) is 23.5 Å². The van der Waals surface area contributed by atoms with Gasteiger partial charge in [0.15, 0.2) is 0 Å². The minimum absolute atomic E-state index is 0.171. The smallest absolute Gasteiger partial charge is 0.328 e. The Morgan fingerprint density at radius 2 is 1.75 bits per heavy atom. The van der Waals surface area contributed by atoms with Crippen LogP contribution in [0.1, 0.15) is 73.0 Å². The minimum atomic E-state index is -1.28. The molecule has 60 heavy (non-hydrogen) atoms. The Morgan fingerprint density at radius 3 is 2.52 bits per heavy atom. The normalized spacial score (nSPS) is 13.1. The second-order valence-electron chi connectivity index (χ2n) is 15.4. The number of amides is 4. The molecule has 3 heterocycles. The topological polar surface area (TPSA) is 162 Å². The SMILES string of the molecule is Cc1c(NC(=O)c2ccc(C(C)(C)O)cc2F)cc(F)cc1-c1ncnc2[nH]c(-c3ccc(CNCCCCCCOc4cccc(N5CCC(=O)NC5=O)c4)cc3)cc12. The average molecular weight is 816 g/mol. The first-order valence-corrected chi connectivity index (χ1v) is 20.0. The van der Waals surface area contributed by atoms with Crippen LogP contribution in [-0.4, -0.2) is 57.6 Å². The van der Waals surface area contributed by atoms with E-state index in [2.05, 4.69) is 43.0 Å². The van der Waals surface area contributed by atoms with Crippen LogP contribution in [0.15, 0.2) is 91.3 Å². The number of aromatic amines is 1. The Balaban J connectivity index is 0.896. The minimum Gasteiger partial charge on any atom is -0.494 e. The quantitative estimate of drug-likeness (QED) is 0.0608. The van der Waals surface area contributed by atoms with E-state index in [0.717, 1.165) is 61.7 Å². The van der Waals surface area contributed by atoms with Crippen LogP contribution < -0.4 is 25.6 Å². The lowest BCUT2D eigenvalue weighted by atomic mass is 9.96. The molecule has 0 spiro atoms. The van der Waals surface area contributed by atoms with Crippen LogP contribution >= 0.6 is 0 Å². The summed E-state index contributed by atoms with van der Waals surface area (Å²) in [7, 11) is 0. The average Bonchev–Trinajstić information content (AvgIpc) is 3.66. The van der Waals surface area contributed by atoms with Crippen molar-refractivity contribution in [1.82, 2.24) is 25.6 Å². The molecular formula is C46H47F2N7O5. The number of aromatic nitrogens is 3. The molecule has 2 aromatic heterocycles. The van der Waals surface area contributed by atoms with Gasteiger partial charge in [-0.15, -0.1) is 0 Å². The van der Waals surface area contributed by atoms with Crippen LogP contribution in [0, 0.1) is 18.6 Å². The fraction of sp³-hybridized carbons (Fsp3) is 0.283. The third-order valence-electron chi connectivity index (χ3n) is 10.5.